The summed E-state index contributed by atoms with van der Waals surface area (Å²) in [5.41, 5.74) is 0.433. The van der Waals surface area contributed by atoms with Crippen LogP contribution in [0.3, 0.4) is 0 Å². The topological polar surface area (TPSA) is 66.5 Å². The molecule has 0 unspecified atom stereocenters. The number of amides is 1. The summed E-state index contributed by atoms with van der Waals surface area (Å²) in [4.78, 5) is 13.0. The van der Waals surface area contributed by atoms with Crippen molar-refractivity contribution in [2.75, 3.05) is 25.2 Å². The molecule has 0 saturated heterocycles. The van der Waals surface area contributed by atoms with Crippen molar-refractivity contribution in [3.05, 3.63) is 53.6 Å². The highest BCUT2D eigenvalue weighted by Gasteiger charge is 2.17. The molecule has 0 aliphatic carbocycles. The van der Waals surface area contributed by atoms with Crippen molar-refractivity contribution in [2.24, 2.45) is 0 Å². The SMILES string of the molecule is CN(C)S(=O)(=O)c1cccc(NC(=O)CSc2ccccc2Cl)c1. The normalized spacial score (nSPS) is 11.5. The number of thioether (sulfide) groups is 1. The van der Waals surface area contributed by atoms with Gasteiger partial charge in [0, 0.05) is 24.7 Å². The van der Waals surface area contributed by atoms with Crippen LogP contribution >= 0.6 is 23.4 Å². The van der Waals surface area contributed by atoms with Crippen LogP contribution in [-0.2, 0) is 14.8 Å². The van der Waals surface area contributed by atoms with Gasteiger partial charge in [-0.05, 0) is 30.3 Å². The Balaban J connectivity index is 2.04. The largest absolute Gasteiger partial charge is 0.325 e. The predicted molar refractivity (Wildman–Crippen MR) is 98.1 cm³/mol. The monoisotopic (exact) mass is 384 g/mol. The van der Waals surface area contributed by atoms with Crippen LogP contribution in [-0.4, -0.2) is 38.5 Å². The zero-order chi connectivity index (χ0) is 17.7. The summed E-state index contributed by atoms with van der Waals surface area (Å²) in [6.45, 7) is 0. The first-order valence-electron chi connectivity index (χ1n) is 7.00. The Kier molecular flexibility index (Phi) is 6.28. The molecule has 0 spiro atoms. The quantitative estimate of drug-likeness (QED) is 0.776. The first kappa shape index (κ1) is 18.8. The number of nitrogens with zero attached hydrogens (tertiary/aromatic N) is 1. The van der Waals surface area contributed by atoms with Gasteiger partial charge in [0.25, 0.3) is 0 Å². The molecule has 0 aliphatic rings. The minimum atomic E-state index is -3.54. The van der Waals surface area contributed by atoms with E-state index < -0.39 is 10.0 Å². The maximum atomic E-state index is 12.1. The van der Waals surface area contributed by atoms with Crippen LogP contribution in [0.15, 0.2) is 58.3 Å². The summed E-state index contributed by atoms with van der Waals surface area (Å²) in [5.74, 6) is -0.0617. The van der Waals surface area contributed by atoms with E-state index in [0.717, 1.165) is 9.20 Å². The van der Waals surface area contributed by atoms with Crippen LogP contribution < -0.4 is 5.32 Å². The van der Waals surface area contributed by atoms with Crippen LogP contribution in [0, 0.1) is 0 Å². The number of benzene rings is 2. The van der Waals surface area contributed by atoms with Gasteiger partial charge in [0.15, 0.2) is 0 Å². The van der Waals surface area contributed by atoms with E-state index >= 15 is 0 Å². The minimum absolute atomic E-state index is 0.129. The third-order valence-corrected chi connectivity index (χ3v) is 6.42. The van der Waals surface area contributed by atoms with Crippen molar-refractivity contribution in [2.45, 2.75) is 9.79 Å². The van der Waals surface area contributed by atoms with E-state index in [2.05, 4.69) is 5.32 Å². The minimum Gasteiger partial charge on any atom is -0.325 e. The average molecular weight is 385 g/mol. The van der Waals surface area contributed by atoms with Crippen molar-refractivity contribution in [1.29, 1.82) is 0 Å². The van der Waals surface area contributed by atoms with Gasteiger partial charge in [-0.3, -0.25) is 4.79 Å². The molecule has 0 fully saturated rings. The molecular formula is C16H17ClN2O3S2. The van der Waals surface area contributed by atoms with E-state index in [9.17, 15) is 13.2 Å². The fourth-order valence-corrected chi connectivity index (χ4v) is 3.83. The van der Waals surface area contributed by atoms with Gasteiger partial charge in [0.1, 0.15) is 0 Å². The Bertz CT molecular complexity index is 839. The zero-order valence-electron chi connectivity index (χ0n) is 13.2. The van der Waals surface area contributed by atoms with Crippen LogP contribution in [0.5, 0.6) is 0 Å². The average Bonchev–Trinajstić information content (AvgIpc) is 2.54. The summed E-state index contributed by atoms with van der Waals surface area (Å²) < 4.78 is 25.4. The number of anilines is 1. The van der Waals surface area contributed by atoms with Gasteiger partial charge >= 0.3 is 0 Å². The van der Waals surface area contributed by atoms with Gasteiger partial charge in [0.2, 0.25) is 15.9 Å². The molecule has 0 heterocycles. The van der Waals surface area contributed by atoms with Crippen molar-refractivity contribution < 1.29 is 13.2 Å². The van der Waals surface area contributed by atoms with Crippen molar-refractivity contribution >= 4 is 45.0 Å². The lowest BCUT2D eigenvalue weighted by molar-refractivity contribution is -0.113. The molecular weight excluding hydrogens is 368 g/mol. The lowest BCUT2D eigenvalue weighted by Gasteiger charge is -2.12. The molecule has 0 radical (unpaired) electrons. The Morgan fingerprint density at radius 1 is 1.17 bits per heavy atom. The highest BCUT2D eigenvalue weighted by atomic mass is 35.5. The summed E-state index contributed by atoms with van der Waals surface area (Å²) in [6, 6.07) is 13.4. The summed E-state index contributed by atoms with van der Waals surface area (Å²) in [7, 11) is -0.618. The zero-order valence-corrected chi connectivity index (χ0v) is 15.6. The molecule has 0 aliphatic heterocycles. The second-order valence-corrected chi connectivity index (χ2v) is 8.66. The van der Waals surface area contributed by atoms with Crippen molar-refractivity contribution in [3.8, 4) is 0 Å². The molecule has 0 atom stereocenters. The molecule has 2 aromatic carbocycles. The summed E-state index contributed by atoms with van der Waals surface area (Å²) >= 11 is 7.36. The van der Waals surface area contributed by atoms with E-state index in [0.29, 0.717) is 10.7 Å². The van der Waals surface area contributed by atoms with Gasteiger partial charge in [-0.1, -0.05) is 29.8 Å². The molecule has 0 saturated carbocycles. The van der Waals surface area contributed by atoms with E-state index in [1.807, 2.05) is 18.2 Å². The van der Waals surface area contributed by atoms with E-state index in [4.69, 9.17) is 11.6 Å². The molecule has 5 nitrogen and oxygen atoms in total. The van der Waals surface area contributed by atoms with Gasteiger partial charge in [-0.2, -0.15) is 0 Å². The predicted octanol–water partition coefficient (Wildman–Crippen LogP) is 3.32. The number of nitrogens with one attached hydrogen (secondary N) is 1. The third-order valence-electron chi connectivity index (χ3n) is 3.09. The number of halogens is 1. The second kappa shape index (κ2) is 8.02. The van der Waals surface area contributed by atoms with Gasteiger partial charge < -0.3 is 5.32 Å². The lowest BCUT2D eigenvalue weighted by atomic mass is 10.3. The van der Waals surface area contributed by atoms with Gasteiger partial charge in [-0.15, -0.1) is 11.8 Å². The number of carbonyl (C=O) groups excluding carboxylic acids is 1. The molecule has 128 valence electrons. The van der Waals surface area contributed by atoms with Crippen molar-refractivity contribution in [3.63, 3.8) is 0 Å². The number of carbonyl (C=O) groups is 1. The Morgan fingerprint density at radius 3 is 2.54 bits per heavy atom. The molecule has 0 aromatic heterocycles. The standard InChI is InChI=1S/C16H17ClN2O3S2/c1-19(2)24(21,22)13-7-5-6-12(10-13)18-16(20)11-23-15-9-4-3-8-14(15)17/h3-10H,11H2,1-2H3,(H,18,20). The maximum Gasteiger partial charge on any atom is 0.242 e. The third kappa shape index (κ3) is 4.73. The molecule has 8 heteroatoms. The maximum absolute atomic E-state index is 12.1. The number of sulfonamides is 1. The smallest absolute Gasteiger partial charge is 0.242 e. The van der Waals surface area contributed by atoms with Crippen molar-refractivity contribution in [1.82, 2.24) is 4.31 Å². The van der Waals surface area contributed by atoms with Crippen LogP contribution in [0.2, 0.25) is 5.02 Å². The summed E-state index contributed by atoms with van der Waals surface area (Å²) in [6.07, 6.45) is 0. The van der Waals surface area contributed by atoms with Gasteiger partial charge in [-0.25, -0.2) is 12.7 Å². The molecule has 24 heavy (non-hydrogen) atoms. The fraction of sp³-hybridized carbons (Fsp3) is 0.188. The molecule has 2 aromatic rings. The fourth-order valence-electron chi connectivity index (χ4n) is 1.85. The highest BCUT2D eigenvalue weighted by molar-refractivity contribution is 8.00. The van der Waals surface area contributed by atoms with E-state index in [-0.39, 0.29) is 16.6 Å². The lowest BCUT2D eigenvalue weighted by Crippen LogP contribution is -2.22. The Labute approximate surface area is 151 Å². The van der Waals surface area contributed by atoms with Crippen LogP contribution in [0.25, 0.3) is 0 Å². The number of hydrogen-bond donors (Lipinski definition) is 1. The highest BCUT2D eigenvalue weighted by Crippen LogP contribution is 2.26. The molecule has 2 rings (SSSR count). The summed E-state index contributed by atoms with van der Waals surface area (Å²) in [5, 5.41) is 3.29. The molecule has 0 bridgehead atoms. The first-order chi connectivity index (χ1) is 11.3. The van der Waals surface area contributed by atoms with Gasteiger partial charge in [0.05, 0.1) is 15.7 Å². The van der Waals surface area contributed by atoms with Crippen LogP contribution in [0.4, 0.5) is 5.69 Å². The van der Waals surface area contributed by atoms with E-state index in [1.165, 1.54) is 38.0 Å². The molecule has 1 amide bonds. The number of rotatable bonds is 6. The van der Waals surface area contributed by atoms with E-state index in [1.54, 1.807) is 18.2 Å². The Hall–Kier alpha value is -1.54. The first-order valence-corrected chi connectivity index (χ1v) is 9.81. The Morgan fingerprint density at radius 2 is 1.88 bits per heavy atom. The number of hydrogen-bond acceptors (Lipinski definition) is 4. The second-order valence-electron chi connectivity index (χ2n) is 5.08. The molecule has 1 N–H and O–H groups in total. The van der Waals surface area contributed by atoms with Crippen LogP contribution in [0.1, 0.15) is 0 Å².